The molecule has 0 unspecified atom stereocenters. The van der Waals surface area contributed by atoms with E-state index in [-0.39, 0.29) is 23.2 Å². The molecule has 0 amide bonds. The maximum Gasteiger partial charge on any atom is 0.249 e. The van der Waals surface area contributed by atoms with Crippen LogP contribution in [0.2, 0.25) is 0 Å². The predicted molar refractivity (Wildman–Crippen MR) is 67.2 cm³/mol. The van der Waals surface area contributed by atoms with Crippen molar-refractivity contribution < 1.29 is 9.13 Å². The van der Waals surface area contributed by atoms with Crippen molar-refractivity contribution in [3.8, 4) is 11.6 Å². The van der Waals surface area contributed by atoms with Gasteiger partial charge in [-0.05, 0) is 18.2 Å². The molecule has 3 N–H and O–H groups in total. The van der Waals surface area contributed by atoms with Crippen molar-refractivity contribution in [2.75, 3.05) is 0 Å². The maximum absolute atomic E-state index is 13.5. The number of halogens is 2. The van der Waals surface area contributed by atoms with Crippen LogP contribution in [0.1, 0.15) is 5.69 Å². The minimum atomic E-state index is -0.543. The van der Waals surface area contributed by atoms with E-state index in [9.17, 15) is 4.39 Å². The van der Waals surface area contributed by atoms with E-state index in [4.69, 9.17) is 15.9 Å². The molecular formula is C11H8BrFN4O. The zero-order chi connectivity index (χ0) is 13.1. The number of hydrogen-bond acceptors (Lipinski definition) is 4. The normalized spacial score (nSPS) is 10.1. The van der Waals surface area contributed by atoms with Gasteiger partial charge < -0.3 is 10.5 Å². The monoisotopic (exact) mass is 310 g/mol. The minimum absolute atomic E-state index is 0.0120. The van der Waals surface area contributed by atoms with Crippen LogP contribution >= 0.6 is 15.9 Å². The molecule has 0 fully saturated rings. The smallest absolute Gasteiger partial charge is 0.249 e. The maximum atomic E-state index is 13.5. The third kappa shape index (κ3) is 2.62. The highest BCUT2D eigenvalue weighted by Gasteiger charge is 2.13. The Morgan fingerprint density at radius 3 is 2.78 bits per heavy atom. The summed E-state index contributed by atoms with van der Waals surface area (Å²) in [5.74, 6) is -0.874. The molecule has 0 aliphatic rings. The lowest BCUT2D eigenvalue weighted by Crippen LogP contribution is -2.15. The Morgan fingerprint density at radius 2 is 2.06 bits per heavy atom. The SMILES string of the molecule is N=C(N)c1nccnc1Oc1cc(Br)ccc1F. The second kappa shape index (κ2) is 5.09. The van der Waals surface area contributed by atoms with Crippen molar-refractivity contribution in [1.82, 2.24) is 9.97 Å². The van der Waals surface area contributed by atoms with E-state index in [0.717, 1.165) is 0 Å². The first kappa shape index (κ1) is 12.4. The summed E-state index contributed by atoms with van der Waals surface area (Å²) in [5, 5.41) is 7.33. The molecule has 18 heavy (non-hydrogen) atoms. The quantitative estimate of drug-likeness (QED) is 0.673. The molecule has 1 aromatic heterocycles. The first-order valence-corrected chi connectivity index (χ1v) is 5.65. The van der Waals surface area contributed by atoms with Gasteiger partial charge in [-0.25, -0.2) is 14.4 Å². The first-order chi connectivity index (χ1) is 8.58. The molecule has 1 aromatic carbocycles. The number of rotatable bonds is 3. The first-order valence-electron chi connectivity index (χ1n) is 4.86. The summed E-state index contributed by atoms with van der Waals surface area (Å²) < 4.78 is 19.5. The van der Waals surface area contributed by atoms with Crippen LogP contribution in [0.4, 0.5) is 4.39 Å². The van der Waals surface area contributed by atoms with Crippen LogP contribution in [0.15, 0.2) is 35.1 Å². The lowest BCUT2D eigenvalue weighted by atomic mass is 10.3. The van der Waals surface area contributed by atoms with Crippen LogP contribution in [-0.4, -0.2) is 15.8 Å². The fourth-order valence-corrected chi connectivity index (χ4v) is 1.58. The molecule has 0 aliphatic heterocycles. The number of amidine groups is 1. The Kier molecular flexibility index (Phi) is 3.52. The third-order valence-corrected chi connectivity index (χ3v) is 2.51. The van der Waals surface area contributed by atoms with E-state index in [1.165, 1.54) is 24.5 Å². The molecule has 2 aromatic rings. The Bertz CT molecular complexity index is 605. The van der Waals surface area contributed by atoms with Crippen molar-refractivity contribution >= 4 is 21.8 Å². The topological polar surface area (TPSA) is 84.9 Å². The van der Waals surface area contributed by atoms with Gasteiger partial charge in [0.15, 0.2) is 17.3 Å². The van der Waals surface area contributed by atoms with Crippen molar-refractivity contribution in [2.24, 2.45) is 5.73 Å². The lowest BCUT2D eigenvalue weighted by Gasteiger charge is -2.08. The number of ether oxygens (including phenoxy) is 1. The molecule has 2 rings (SSSR count). The van der Waals surface area contributed by atoms with E-state index in [0.29, 0.717) is 4.47 Å². The van der Waals surface area contributed by atoms with Crippen molar-refractivity contribution in [3.63, 3.8) is 0 Å². The van der Waals surface area contributed by atoms with Gasteiger partial charge in [0.05, 0.1) is 0 Å². The number of nitrogens with zero attached hydrogens (tertiary/aromatic N) is 2. The molecule has 0 atom stereocenters. The average Bonchev–Trinajstić information content (AvgIpc) is 2.34. The summed E-state index contributed by atoms with van der Waals surface area (Å²) in [4.78, 5) is 7.73. The van der Waals surface area contributed by atoms with E-state index < -0.39 is 5.82 Å². The van der Waals surface area contributed by atoms with Crippen molar-refractivity contribution in [3.05, 3.63) is 46.6 Å². The number of nitrogen functional groups attached to an aromatic ring is 1. The summed E-state index contributed by atoms with van der Waals surface area (Å²) in [5.41, 5.74) is 5.40. The van der Waals surface area contributed by atoms with Crippen LogP contribution in [0.3, 0.4) is 0 Å². The van der Waals surface area contributed by atoms with E-state index >= 15 is 0 Å². The zero-order valence-corrected chi connectivity index (χ0v) is 10.6. The van der Waals surface area contributed by atoms with Crippen molar-refractivity contribution in [2.45, 2.75) is 0 Å². The summed E-state index contributed by atoms with van der Waals surface area (Å²) in [7, 11) is 0. The Balaban J connectivity index is 2.40. The lowest BCUT2D eigenvalue weighted by molar-refractivity contribution is 0.424. The summed E-state index contributed by atoms with van der Waals surface area (Å²) in [6, 6.07) is 4.25. The molecule has 0 radical (unpaired) electrons. The van der Waals surface area contributed by atoms with Gasteiger partial charge in [0.25, 0.3) is 0 Å². The Labute approximate surface area is 110 Å². The number of nitrogens with two attached hydrogens (primary N) is 1. The fourth-order valence-electron chi connectivity index (χ4n) is 1.24. The van der Waals surface area contributed by atoms with E-state index in [2.05, 4.69) is 25.9 Å². The Hall–Kier alpha value is -2.02. The number of hydrogen-bond donors (Lipinski definition) is 2. The average molecular weight is 311 g/mol. The molecule has 7 heteroatoms. The van der Waals surface area contributed by atoms with Crippen LogP contribution in [0, 0.1) is 11.2 Å². The third-order valence-electron chi connectivity index (χ3n) is 2.02. The van der Waals surface area contributed by atoms with E-state index in [1.54, 1.807) is 6.07 Å². The molecule has 5 nitrogen and oxygen atoms in total. The minimum Gasteiger partial charge on any atom is -0.434 e. The van der Waals surface area contributed by atoms with Gasteiger partial charge in [0.1, 0.15) is 5.84 Å². The molecule has 1 heterocycles. The number of benzene rings is 1. The second-order valence-electron chi connectivity index (χ2n) is 3.30. The van der Waals surface area contributed by atoms with Crippen molar-refractivity contribution in [1.29, 1.82) is 5.41 Å². The Morgan fingerprint density at radius 1 is 1.33 bits per heavy atom. The molecule has 0 spiro atoms. The molecule has 0 saturated carbocycles. The standard InChI is InChI=1S/C11H8BrFN4O/c12-6-1-2-7(13)8(5-6)18-11-9(10(14)15)16-3-4-17-11/h1-5H,(H3,14,15). The molecule has 0 bridgehead atoms. The number of nitrogens with one attached hydrogen (secondary N) is 1. The molecule has 0 aliphatic carbocycles. The number of aromatic nitrogens is 2. The predicted octanol–water partition coefficient (Wildman–Crippen LogP) is 2.45. The highest BCUT2D eigenvalue weighted by Crippen LogP contribution is 2.27. The fraction of sp³-hybridized carbons (Fsp3) is 0. The molecule has 0 saturated heterocycles. The van der Waals surface area contributed by atoms with Gasteiger partial charge in [0, 0.05) is 16.9 Å². The highest BCUT2D eigenvalue weighted by molar-refractivity contribution is 9.10. The van der Waals surface area contributed by atoms with E-state index in [1.807, 2.05) is 0 Å². The van der Waals surface area contributed by atoms with Gasteiger partial charge in [-0.15, -0.1) is 0 Å². The van der Waals surface area contributed by atoms with Gasteiger partial charge in [-0.2, -0.15) is 0 Å². The largest absolute Gasteiger partial charge is 0.434 e. The summed E-state index contributed by atoms with van der Waals surface area (Å²) in [6.45, 7) is 0. The second-order valence-corrected chi connectivity index (χ2v) is 4.22. The molecular weight excluding hydrogens is 303 g/mol. The van der Waals surface area contributed by atoms with Gasteiger partial charge in [-0.3, -0.25) is 5.41 Å². The highest BCUT2D eigenvalue weighted by atomic mass is 79.9. The zero-order valence-electron chi connectivity index (χ0n) is 9.02. The van der Waals surface area contributed by atoms with Crippen LogP contribution in [0.5, 0.6) is 11.6 Å². The van der Waals surface area contributed by atoms with Crippen LogP contribution < -0.4 is 10.5 Å². The van der Waals surface area contributed by atoms with Crippen LogP contribution in [0.25, 0.3) is 0 Å². The summed E-state index contributed by atoms with van der Waals surface area (Å²) in [6.07, 6.45) is 2.75. The van der Waals surface area contributed by atoms with Gasteiger partial charge in [0.2, 0.25) is 5.88 Å². The van der Waals surface area contributed by atoms with Crippen LogP contribution in [-0.2, 0) is 0 Å². The van der Waals surface area contributed by atoms with Gasteiger partial charge >= 0.3 is 0 Å². The molecule has 92 valence electrons. The van der Waals surface area contributed by atoms with Gasteiger partial charge in [-0.1, -0.05) is 15.9 Å². The summed E-state index contributed by atoms with van der Waals surface area (Å²) >= 11 is 3.21.